The molecule has 8 rings (SSSR count). The van der Waals surface area contributed by atoms with Crippen LogP contribution in [0.4, 0.5) is 11.4 Å². The molecule has 3 heterocycles. The van der Waals surface area contributed by atoms with Gasteiger partial charge in [0.2, 0.25) is 0 Å². The largest absolute Gasteiger partial charge is 0.480 e. The van der Waals surface area contributed by atoms with E-state index >= 15 is 0 Å². The van der Waals surface area contributed by atoms with Crippen LogP contribution >= 0.6 is 35.3 Å². The Morgan fingerprint density at radius 1 is 0.904 bits per heavy atom. The molecule has 0 unspecified atom stereocenters. The van der Waals surface area contributed by atoms with Crippen molar-refractivity contribution >= 4 is 85.5 Å². The Bertz CT molecular complexity index is 2390. The topological polar surface area (TPSA) is 82.9 Å². The molecule has 4 aromatic carbocycles. The third-order valence-corrected chi connectivity index (χ3v) is 12.7. The number of carboxylic acid groups (broad SMARTS) is 1. The summed E-state index contributed by atoms with van der Waals surface area (Å²) in [6, 6.07) is 36.5. The van der Waals surface area contributed by atoms with Crippen LogP contribution < -0.4 is 19.7 Å². The molecular formula is C42H35N3O4S3. The van der Waals surface area contributed by atoms with Gasteiger partial charge in [-0.05, 0) is 89.6 Å². The number of hydrogen-bond donors (Lipinski definition) is 1. The Morgan fingerprint density at radius 2 is 1.58 bits per heavy atom. The summed E-state index contributed by atoms with van der Waals surface area (Å²) >= 11 is 7.65. The van der Waals surface area contributed by atoms with Gasteiger partial charge in [-0.15, -0.1) is 11.3 Å². The molecular weight excluding hydrogens is 707 g/mol. The van der Waals surface area contributed by atoms with E-state index in [0.29, 0.717) is 36.9 Å². The summed E-state index contributed by atoms with van der Waals surface area (Å²) in [5.74, 6) is -1.08. The highest BCUT2D eigenvalue weighted by atomic mass is 32.2. The number of benzene rings is 4. The molecule has 1 N–H and O–H groups in total. The lowest BCUT2D eigenvalue weighted by Crippen LogP contribution is -2.35. The van der Waals surface area contributed by atoms with Gasteiger partial charge in [-0.25, -0.2) is 0 Å². The van der Waals surface area contributed by atoms with Gasteiger partial charge in [0, 0.05) is 29.9 Å². The van der Waals surface area contributed by atoms with E-state index in [4.69, 9.17) is 12.2 Å². The standard InChI is InChI=1S/C42H35N3O4S3/c1-2-43-40(49)38(52-42(43)50)41-44(25-37(46)47)39(48)36(51-41)24-27-18-21-35-33(23-27)31-14-9-15-34(31)45(35)30-19-16-26(17-20-30)22-32(28-10-5-3-6-11-28)29-12-7-4-8-13-29/h3-8,10-13,16-24,31,34H,2,9,14-15,25H2,1H3,(H,46,47)/b36-24-,41-38+/t31-,34-/m0/s1. The molecule has 1 aliphatic carbocycles. The average Bonchev–Trinajstić information content (AvgIpc) is 3.90. The molecule has 10 heteroatoms. The molecule has 260 valence electrons. The quantitative estimate of drug-likeness (QED) is 0.133. The second-order valence-electron chi connectivity index (χ2n) is 13.1. The molecule has 0 radical (unpaired) electrons. The number of thiocarbonyl (C=S) groups is 1. The predicted octanol–water partition coefficient (Wildman–Crippen LogP) is 7.19. The van der Waals surface area contributed by atoms with Crippen molar-refractivity contribution in [2.75, 3.05) is 11.4 Å². The molecule has 0 bridgehead atoms. The fraction of sp³-hybridized carbons (Fsp3) is 0.190. The number of aromatic nitrogens is 1. The van der Waals surface area contributed by atoms with E-state index in [2.05, 4.69) is 95.9 Å². The number of anilines is 2. The van der Waals surface area contributed by atoms with Crippen molar-refractivity contribution in [3.63, 3.8) is 0 Å². The summed E-state index contributed by atoms with van der Waals surface area (Å²) in [7, 11) is 0. The maximum absolute atomic E-state index is 13.6. The minimum absolute atomic E-state index is 0.297. The number of carbonyl (C=O) groups excluding carboxylic acids is 1. The molecule has 1 amide bonds. The Hall–Kier alpha value is -5.03. The van der Waals surface area contributed by atoms with Gasteiger partial charge in [0.05, 0.1) is 4.53 Å². The Kier molecular flexibility index (Phi) is 9.29. The predicted molar refractivity (Wildman–Crippen MR) is 215 cm³/mol. The van der Waals surface area contributed by atoms with E-state index in [-0.39, 0.29) is 5.91 Å². The van der Waals surface area contributed by atoms with Crippen LogP contribution in [0.25, 0.3) is 22.6 Å². The minimum Gasteiger partial charge on any atom is -0.480 e. The highest BCUT2D eigenvalue weighted by Crippen LogP contribution is 2.52. The zero-order valence-corrected chi connectivity index (χ0v) is 30.8. The number of thioether (sulfide) groups is 1. The second-order valence-corrected chi connectivity index (χ2v) is 15.8. The first kappa shape index (κ1) is 34.1. The van der Waals surface area contributed by atoms with Crippen LogP contribution in [0.1, 0.15) is 59.9 Å². The van der Waals surface area contributed by atoms with Crippen molar-refractivity contribution in [1.29, 1.82) is 0 Å². The van der Waals surface area contributed by atoms with E-state index in [1.807, 2.05) is 31.2 Å². The second kappa shape index (κ2) is 14.2. The lowest BCUT2D eigenvalue weighted by Gasteiger charge is -2.27. The average molecular weight is 742 g/mol. The molecule has 3 aliphatic rings. The van der Waals surface area contributed by atoms with Crippen molar-refractivity contribution < 1.29 is 14.7 Å². The molecule has 1 saturated carbocycles. The first-order chi connectivity index (χ1) is 25.3. The summed E-state index contributed by atoms with van der Waals surface area (Å²) in [6.45, 7) is 1.70. The van der Waals surface area contributed by atoms with Gasteiger partial charge in [0.25, 0.3) is 11.5 Å². The molecule has 5 aromatic rings. The first-order valence-electron chi connectivity index (χ1n) is 17.4. The molecule has 52 heavy (non-hydrogen) atoms. The molecule has 0 spiro atoms. The lowest BCUT2D eigenvalue weighted by molar-refractivity contribution is -0.137. The van der Waals surface area contributed by atoms with E-state index in [1.165, 1.54) is 37.4 Å². The van der Waals surface area contributed by atoms with Crippen LogP contribution in [-0.2, 0) is 16.1 Å². The van der Waals surface area contributed by atoms with E-state index in [9.17, 15) is 19.5 Å². The Labute approximate surface area is 314 Å². The van der Waals surface area contributed by atoms with Crippen molar-refractivity contribution in [2.24, 2.45) is 0 Å². The molecule has 2 aliphatic heterocycles. The van der Waals surface area contributed by atoms with Crippen molar-refractivity contribution in [3.8, 4) is 0 Å². The van der Waals surface area contributed by atoms with Crippen LogP contribution in [0.3, 0.4) is 0 Å². The van der Waals surface area contributed by atoms with Gasteiger partial charge >= 0.3 is 5.97 Å². The fourth-order valence-electron chi connectivity index (χ4n) is 7.69. The third-order valence-electron chi connectivity index (χ3n) is 10.0. The summed E-state index contributed by atoms with van der Waals surface area (Å²) in [6.07, 6.45) is 7.41. The number of nitrogens with zero attached hydrogens (tertiary/aromatic N) is 3. The van der Waals surface area contributed by atoms with E-state index in [1.54, 1.807) is 0 Å². The zero-order chi connectivity index (χ0) is 35.9. The number of thiazole rings is 1. The number of aliphatic carboxylic acids is 1. The Balaban J connectivity index is 1.15. The molecule has 2 fully saturated rings. The van der Waals surface area contributed by atoms with Crippen molar-refractivity contribution in [3.05, 3.63) is 150 Å². The van der Waals surface area contributed by atoms with E-state index in [0.717, 1.165) is 59.2 Å². The number of rotatable bonds is 8. The molecule has 1 aromatic heterocycles. The SMILES string of the molecule is CCN1C(=O)/C(=c2\s/c(=C\c3ccc4c(c3)[C@@H]3CCC[C@@H]3N4c3ccc(C=C(c4ccccc4)c4ccccc4)cc3)c(=O)n2CC(=O)O)SC1=S. The summed E-state index contributed by atoms with van der Waals surface area (Å²) in [5.41, 5.74) is 8.67. The van der Waals surface area contributed by atoms with Gasteiger partial charge in [-0.1, -0.05) is 109 Å². The highest BCUT2D eigenvalue weighted by molar-refractivity contribution is 8.30. The number of fused-ring (bicyclic) bond motifs is 3. The van der Waals surface area contributed by atoms with Crippen LogP contribution in [0, 0.1) is 0 Å². The van der Waals surface area contributed by atoms with Gasteiger partial charge in [0.15, 0.2) is 0 Å². The van der Waals surface area contributed by atoms with Crippen LogP contribution in [-0.4, -0.2) is 43.4 Å². The van der Waals surface area contributed by atoms with Gasteiger partial charge in [-0.3, -0.25) is 23.9 Å². The number of carbonyl (C=O) groups is 2. The monoisotopic (exact) mass is 741 g/mol. The van der Waals surface area contributed by atoms with Gasteiger partial charge in [0.1, 0.15) is 20.4 Å². The van der Waals surface area contributed by atoms with E-state index < -0.39 is 18.1 Å². The van der Waals surface area contributed by atoms with Crippen LogP contribution in [0.5, 0.6) is 0 Å². The summed E-state index contributed by atoms with van der Waals surface area (Å²) < 4.78 is 2.29. The van der Waals surface area contributed by atoms with Gasteiger partial charge < -0.3 is 10.0 Å². The summed E-state index contributed by atoms with van der Waals surface area (Å²) in [4.78, 5) is 42.8. The highest BCUT2D eigenvalue weighted by Gasteiger charge is 2.42. The molecule has 1 saturated heterocycles. The molecule has 2 atom stereocenters. The van der Waals surface area contributed by atoms with Crippen molar-refractivity contribution in [1.82, 2.24) is 9.47 Å². The van der Waals surface area contributed by atoms with Crippen molar-refractivity contribution in [2.45, 2.75) is 44.7 Å². The Morgan fingerprint density at radius 3 is 2.21 bits per heavy atom. The van der Waals surface area contributed by atoms with Gasteiger partial charge in [-0.2, -0.15) is 0 Å². The summed E-state index contributed by atoms with van der Waals surface area (Å²) in [5, 5.41) is 9.62. The number of carboxylic acids is 1. The lowest BCUT2D eigenvalue weighted by atomic mass is 9.95. The zero-order valence-electron chi connectivity index (χ0n) is 28.4. The minimum atomic E-state index is -1.15. The normalized spacial score (nSPS) is 19.3. The molecule has 7 nitrogen and oxygen atoms in total. The number of amides is 1. The van der Waals surface area contributed by atoms with Crippen LogP contribution in [0.15, 0.2) is 108 Å². The maximum Gasteiger partial charge on any atom is 0.323 e. The first-order valence-corrected chi connectivity index (χ1v) is 19.4. The maximum atomic E-state index is 13.6. The number of hydrogen-bond acceptors (Lipinski definition) is 7. The van der Waals surface area contributed by atoms with Crippen LogP contribution in [0.2, 0.25) is 0 Å². The fourth-order valence-corrected chi connectivity index (χ4v) is 10.3. The smallest absolute Gasteiger partial charge is 0.323 e. The third kappa shape index (κ3) is 6.25.